The van der Waals surface area contributed by atoms with Crippen molar-refractivity contribution in [2.24, 2.45) is 0 Å². The summed E-state index contributed by atoms with van der Waals surface area (Å²) in [4.78, 5) is 24.3. The first-order valence-electron chi connectivity index (χ1n) is 6.42. The molecule has 0 bridgehead atoms. The van der Waals surface area contributed by atoms with Gasteiger partial charge in [0.15, 0.2) is 0 Å². The van der Waals surface area contributed by atoms with Crippen molar-refractivity contribution in [3.8, 4) is 0 Å². The van der Waals surface area contributed by atoms with Crippen molar-refractivity contribution in [1.29, 1.82) is 0 Å². The highest BCUT2D eigenvalue weighted by Gasteiger charge is 2.38. The SMILES string of the molecule is O=C(O)[C@H]1C[C@@H](O)CN1C(=O)CCc1ccc(F)cc1. The number of aliphatic hydroxyl groups excluding tert-OH is 1. The topological polar surface area (TPSA) is 77.8 Å². The van der Waals surface area contributed by atoms with Gasteiger partial charge in [-0.1, -0.05) is 12.1 Å². The smallest absolute Gasteiger partial charge is 0.326 e. The van der Waals surface area contributed by atoms with Crippen molar-refractivity contribution in [2.45, 2.75) is 31.4 Å². The number of benzene rings is 1. The third-order valence-corrected chi connectivity index (χ3v) is 3.43. The van der Waals surface area contributed by atoms with E-state index >= 15 is 0 Å². The minimum Gasteiger partial charge on any atom is -0.480 e. The summed E-state index contributed by atoms with van der Waals surface area (Å²) in [6.45, 7) is 0.0548. The Labute approximate surface area is 115 Å². The molecule has 1 heterocycles. The summed E-state index contributed by atoms with van der Waals surface area (Å²) in [6.07, 6.45) is -0.163. The molecule has 2 rings (SSSR count). The molecule has 108 valence electrons. The van der Waals surface area contributed by atoms with Gasteiger partial charge in [-0.2, -0.15) is 0 Å². The van der Waals surface area contributed by atoms with Gasteiger partial charge in [-0.15, -0.1) is 0 Å². The predicted molar refractivity (Wildman–Crippen MR) is 68.5 cm³/mol. The van der Waals surface area contributed by atoms with Crippen LogP contribution in [-0.4, -0.2) is 45.7 Å². The van der Waals surface area contributed by atoms with Gasteiger partial charge >= 0.3 is 5.97 Å². The van der Waals surface area contributed by atoms with Gasteiger partial charge in [0.25, 0.3) is 0 Å². The van der Waals surface area contributed by atoms with E-state index in [0.29, 0.717) is 6.42 Å². The monoisotopic (exact) mass is 281 g/mol. The molecule has 2 N–H and O–H groups in total. The molecular weight excluding hydrogens is 265 g/mol. The summed E-state index contributed by atoms with van der Waals surface area (Å²) >= 11 is 0. The van der Waals surface area contributed by atoms with E-state index in [2.05, 4.69) is 0 Å². The molecule has 0 spiro atoms. The Bertz CT molecular complexity index is 502. The van der Waals surface area contributed by atoms with Gasteiger partial charge in [0.1, 0.15) is 11.9 Å². The van der Waals surface area contributed by atoms with Crippen LogP contribution in [0.25, 0.3) is 0 Å². The maximum atomic E-state index is 12.7. The third-order valence-electron chi connectivity index (χ3n) is 3.43. The number of carbonyl (C=O) groups is 2. The molecule has 0 saturated carbocycles. The molecule has 1 aliphatic rings. The Morgan fingerprint density at radius 3 is 2.55 bits per heavy atom. The number of amides is 1. The maximum absolute atomic E-state index is 12.7. The fourth-order valence-electron chi connectivity index (χ4n) is 2.37. The standard InChI is InChI=1S/C14H16FNO4/c15-10-4-1-9(2-5-10)3-6-13(18)16-8-11(17)7-12(16)14(19)20/h1-2,4-5,11-12,17H,3,6-8H2,(H,19,20)/t11-,12-/m1/s1. The zero-order valence-corrected chi connectivity index (χ0v) is 10.8. The van der Waals surface area contributed by atoms with Crippen LogP contribution in [-0.2, 0) is 16.0 Å². The molecule has 1 saturated heterocycles. The van der Waals surface area contributed by atoms with E-state index in [9.17, 15) is 19.1 Å². The number of nitrogens with zero attached hydrogens (tertiary/aromatic N) is 1. The zero-order chi connectivity index (χ0) is 14.7. The van der Waals surface area contributed by atoms with Crippen molar-refractivity contribution >= 4 is 11.9 Å². The lowest BCUT2D eigenvalue weighted by Crippen LogP contribution is -2.40. The number of likely N-dealkylation sites (tertiary alicyclic amines) is 1. The van der Waals surface area contributed by atoms with Crippen LogP contribution in [0.15, 0.2) is 24.3 Å². The van der Waals surface area contributed by atoms with Gasteiger partial charge in [0.2, 0.25) is 5.91 Å². The van der Waals surface area contributed by atoms with Crippen LogP contribution in [0, 0.1) is 5.82 Å². The van der Waals surface area contributed by atoms with Gasteiger partial charge in [-0.3, -0.25) is 4.79 Å². The number of β-amino-alcohol motifs (C(OH)–C–C–N with tert-alkyl or cyclic N) is 1. The van der Waals surface area contributed by atoms with E-state index in [1.54, 1.807) is 12.1 Å². The lowest BCUT2D eigenvalue weighted by molar-refractivity contribution is -0.148. The molecule has 1 aromatic rings. The van der Waals surface area contributed by atoms with E-state index in [0.717, 1.165) is 5.56 Å². The number of hydrogen-bond acceptors (Lipinski definition) is 3. The van der Waals surface area contributed by atoms with Crippen LogP contribution in [0.1, 0.15) is 18.4 Å². The molecular formula is C14H16FNO4. The van der Waals surface area contributed by atoms with Crippen LogP contribution in [0.5, 0.6) is 0 Å². The lowest BCUT2D eigenvalue weighted by atomic mass is 10.1. The molecule has 2 atom stereocenters. The van der Waals surface area contributed by atoms with Crippen molar-refractivity contribution in [3.63, 3.8) is 0 Å². The van der Waals surface area contributed by atoms with Crippen LogP contribution in [0.4, 0.5) is 4.39 Å². The molecule has 5 nitrogen and oxygen atoms in total. The number of hydrogen-bond donors (Lipinski definition) is 2. The molecule has 1 amide bonds. The summed E-state index contributed by atoms with van der Waals surface area (Å²) < 4.78 is 12.7. The number of carboxylic acid groups (broad SMARTS) is 1. The Balaban J connectivity index is 1.94. The van der Waals surface area contributed by atoms with E-state index in [4.69, 9.17) is 5.11 Å². The van der Waals surface area contributed by atoms with Crippen molar-refractivity contribution in [1.82, 2.24) is 4.90 Å². The highest BCUT2D eigenvalue weighted by molar-refractivity contribution is 5.84. The van der Waals surface area contributed by atoms with Crippen molar-refractivity contribution in [3.05, 3.63) is 35.6 Å². The molecule has 6 heteroatoms. The van der Waals surface area contributed by atoms with Gasteiger partial charge < -0.3 is 15.1 Å². The second-order valence-electron chi connectivity index (χ2n) is 4.92. The first-order valence-corrected chi connectivity index (χ1v) is 6.42. The number of rotatable bonds is 4. The number of carbonyl (C=O) groups excluding carboxylic acids is 1. The van der Waals surface area contributed by atoms with Gasteiger partial charge in [0.05, 0.1) is 6.10 Å². The number of carboxylic acids is 1. The summed E-state index contributed by atoms with van der Waals surface area (Å²) in [6, 6.07) is 4.87. The number of aliphatic carboxylic acids is 1. The Morgan fingerprint density at radius 2 is 1.95 bits per heavy atom. The highest BCUT2D eigenvalue weighted by atomic mass is 19.1. The Kier molecular flexibility index (Phi) is 4.34. The number of aliphatic hydroxyl groups is 1. The first kappa shape index (κ1) is 14.5. The molecule has 0 unspecified atom stereocenters. The highest BCUT2D eigenvalue weighted by Crippen LogP contribution is 2.20. The average Bonchev–Trinajstić information content (AvgIpc) is 2.80. The zero-order valence-electron chi connectivity index (χ0n) is 10.8. The van der Waals surface area contributed by atoms with Crippen molar-refractivity contribution < 1.29 is 24.2 Å². The van der Waals surface area contributed by atoms with Crippen LogP contribution in [0.3, 0.4) is 0 Å². The normalized spacial score (nSPS) is 22.0. The number of aryl methyl sites for hydroxylation is 1. The summed E-state index contributed by atoms with van der Waals surface area (Å²) in [5.74, 6) is -1.75. The van der Waals surface area contributed by atoms with Crippen LogP contribution >= 0.6 is 0 Å². The minimum atomic E-state index is -1.10. The summed E-state index contributed by atoms with van der Waals surface area (Å²) in [5.41, 5.74) is 0.811. The molecule has 20 heavy (non-hydrogen) atoms. The van der Waals surface area contributed by atoms with E-state index in [1.807, 2.05) is 0 Å². The summed E-state index contributed by atoms with van der Waals surface area (Å²) in [7, 11) is 0. The van der Waals surface area contributed by atoms with Gasteiger partial charge in [-0.05, 0) is 24.1 Å². The Morgan fingerprint density at radius 1 is 1.30 bits per heavy atom. The van der Waals surface area contributed by atoms with E-state index < -0.39 is 18.1 Å². The van der Waals surface area contributed by atoms with E-state index in [1.165, 1.54) is 17.0 Å². The molecule has 1 aliphatic heterocycles. The molecule has 1 aromatic carbocycles. The van der Waals surface area contributed by atoms with Crippen LogP contribution < -0.4 is 0 Å². The molecule has 0 aromatic heterocycles. The number of halogens is 1. The Hall–Kier alpha value is -1.95. The predicted octanol–water partition coefficient (Wildman–Crippen LogP) is 0.805. The fourth-order valence-corrected chi connectivity index (χ4v) is 2.37. The third kappa shape index (κ3) is 3.33. The van der Waals surface area contributed by atoms with E-state index in [-0.39, 0.29) is 31.1 Å². The first-order chi connectivity index (χ1) is 9.47. The second kappa shape index (κ2) is 6.00. The second-order valence-corrected chi connectivity index (χ2v) is 4.92. The fraction of sp³-hybridized carbons (Fsp3) is 0.429. The van der Waals surface area contributed by atoms with Crippen LogP contribution in [0.2, 0.25) is 0 Å². The quantitative estimate of drug-likeness (QED) is 0.856. The van der Waals surface area contributed by atoms with Gasteiger partial charge in [0, 0.05) is 19.4 Å². The maximum Gasteiger partial charge on any atom is 0.326 e. The van der Waals surface area contributed by atoms with Crippen molar-refractivity contribution in [2.75, 3.05) is 6.54 Å². The molecule has 1 fully saturated rings. The molecule has 0 radical (unpaired) electrons. The molecule has 0 aliphatic carbocycles. The van der Waals surface area contributed by atoms with Gasteiger partial charge in [-0.25, -0.2) is 9.18 Å². The average molecular weight is 281 g/mol. The minimum absolute atomic E-state index is 0.0548. The lowest BCUT2D eigenvalue weighted by Gasteiger charge is -2.21. The largest absolute Gasteiger partial charge is 0.480 e. The summed E-state index contributed by atoms with van der Waals surface area (Å²) in [5, 5.41) is 18.5.